The molecule has 0 saturated carbocycles. The fraction of sp³-hybridized carbons (Fsp3) is 0.526. The van der Waals surface area contributed by atoms with Crippen LogP contribution in [0.15, 0.2) is 22.6 Å². The average molecular weight is 375 g/mol. The number of nitrogens with one attached hydrogen (secondary N) is 2. The molecule has 7 heteroatoms. The largest absolute Gasteiger partial charge is 0.429 e. The third-order valence-corrected chi connectivity index (χ3v) is 5.20. The third kappa shape index (κ3) is 3.98. The van der Waals surface area contributed by atoms with Crippen molar-refractivity contribution in [1.29, 1.82) is 0 Å². The lowest BCUT2D eigenvalue weighted by Gasteiger charge is -2.37. The van der Waals surface area contributed by atoms with Gasteiger partial charge in [0.2, 0.25) is 5.91 Å². The van der Waals surface area contributed by atoms with Crippen LogP contribution < -0.4 is 5.32 Å². The van der Waals surface area contributed by atoms with E-state index in [1.165, 1.54) is 0 Å². The first kappa shape index (κ1) is 18.6. The Bertz CT molecular complexity index is 857. The Morgan fingerprint density at radius 3 is 2.96 bits per heavy atom. The van der Waals surface area contributed by atoms with Crippen LogP contribution in [0.2, 0.25) is 0 Å². The lowest BCUT2D eigenvalue weighted by atomic mass is 9.92. The van der Waals surface area contributed by atoms with Gasteiger partial charge in [-0.05, 0) is 56.6 Å². The molecule has 1 aliphatic heterocycles. The molecule has 1 aromatic heterocycles. The van der Waals surface area contributed by atoms with Gasteiger partial charge in [0.1, 0.15) is 0 Å². The lowest BCUT2D eigenvalue weighted by molar-refractivity contribution is -0.126. The fourth-order valence-corrected chi connectivity index (χ4v) is 3.58. The van der Waals surface area contributed by atoms with Crippen molar-refractivity contribution in [3.63, 3.8) is 0 Å². The second-order valence-corrected chi connectivity index (χ2v) is 7.32. The quantitative estimate of drug-likeness (QED) is 0.618. The summed E-state index contributed by atoms with van der Waals surface area (Å²) in [6.07, 6.45) is 3.66. The summed E-state index contributed by atoms with van der Waals surface area (Å²) in [6, 6.07) is 5.38. The van der Waals surface area contributed by atoms with E-state index in [2.05, 4.69) is 17.2 Å². The zero-order valence-corrected chi connectivity index (χ0v) is 16.0. The molecule has 1 aliphatic rings. The number of aromatic nitrogens is 1. The van der Waals surface area contributed by atoms with Gasteiger partial charge in [-0.1, -0.05) is 13.3 Å². The van der Waals surface area contributed by atoms with E-state index in [1.807, 2.05) is 6.92 Å². The number of aromatic amines is 1. The highest BCUT2D eigenvalue weighted by Crippen LogP contribution is 2.25. The number of nitrogens with zero attached hydrogens (tertiary/aromatic N) is 1. The van der Waals surface area contributed by atoms with Crippen LogP contribution in [0.4, 0.5) is 0 Å². The van der Waals surface area contributed by atoms with Crippen LogP contribution in [0.3, 0.4) is 0 Å². The molecule has 0 radical (unpaired) electrons. The molecule has 2 N–H and O–H groups in total. The molecule has 0 unspecified atom stereocenters. The Morgan fingerprint density at radius 1 is 1.38 bits per heavy atom. The third-order valence-electron chi connectivity index (χ3n) is 5.01. The number of H-pyrrole nitrogens is 1. The highest BCUT2D eigenvalue weighted by molar-refractivity contribution is 7.71. The summed E-state index contributed by atoms with van der Waals surface area (Å²) >= 11 is 4.99. The van der Waals surface area contributed by atoms with Crippen LogP contribution in [-0.4, -0.2) is 40.8 Å². The predicted molar refractivity (Wildman–Crippen MR) is 103 cm³/mol. The number of unbranched alkanes of at least 4 members (excludes halogenated alkanes) is 1. The van der Waals surface area contributed by atoms with Crippen molar-refractivity contribution < 1.29 is 14.0 Å². The molecule has 0 spiro atoms. The monoisotopic (exact) mass is 375 g/mol. The van der Waals surface area contributed by atoms with Gasteiger partial charge in [-0.2, -0.15) is 0 Å². The summed E-state index contributed by atoms with van der Waals surface area (Å²) in [5, 5.41) is 2.99. The number of hydrogen-bond acceptors (Lipinski definition) is 4. The molecule has 1 fully saturated rings. The van der Waals surface area contributed by atoms with Crippen LogP contribution in [0.5, 0.6) is 0 Å². The first-order valence-electron chi connectivity index (χ1n) is 9.21. The number of rotatable bonds is 5. The second-order valence-electron chi connectivity index (χ2n) is 6.95. The Hall–Kier alpha value is -2.15. The van der Waals surface area contributed by atoms with Gasteiger partial charge >= 0.3 is 0 Å². The minimum atomic E-state index is -0.146. The van der Waals surface area contributed by atoms with Gasteiger partial charge in [0.25, 0.3) is 10.7 Å². The van der Waals surface area contributed by atoms with Gasteiger partial charge < -0.3 is 19.6 Å². The minimum absolute atomic E-state index is 0.0509. The maximum absolute atomic E-state index is 13.0. The van der Waals surface area contributed by atoms with E-state index in [9.17, 15) is 9.59 Å². The molecule has 140 valence electrons. The van der Waals surface area contributed by atoms with Crippen LogP contribution >= 0.6 is 12.2 Å². The van der Waals surface area contributed by atoms with Gasteiger partial charge in [-0.15, -0.1) is 0 Å². The number of likely N-dealkylation sites (tertiary alicyclic amines) is 1. The molecular weight excluding hydrogens is 350 g/mol. The molecule has 0 bridgehead atoms. The number of piperidine rings is 1. The number of amides is 2. The van der Waals surface area contributed by atoms with E-state index in [-0.39, 0.29) is 23.8 Å². The van der Waals surface area contributed by atoms with Crippen LogP contribution in [0.25, 0.3) is 11.1 Å². The summed E-state index contributed by atoms with van der Waals surface area (Å²) in [5.41, 5.74) is 1.89. The van der Waals surface area contributed by atoms with Crippen LogP contribution in [-0.2, 0) is 4.79 Å². The van der Waals surface area contributed by atoms with E-state index in [0.29, 0.717) is 29.1 Å². The Morgan fingerprint density at radius 2 is 2.19 bits per heavy atom. The lowest BCUT2D eigenvalue weighted by Crippen LogP contribution is -2.49. The molecule has 26 heavy (non-hydrogen) atoms. The number of carbonyl (C=O) groups excluding carboxylic acids is 2. The maximum atomic E-state index is 13.0. The van der Waals surface area contributed by atoms with E-state index in [1.54, 1.807) is 23.1 Å². The van der Waals surface area contributed by atoms with Crippen molar-refractivity contribution in [2.75, 3.05) is 13.1 Å². The van der Waals surface area contributed by atoms with Crippen molar-refractivity contribution in [3.8, 4) is 0 Å². The topological polar surface area (TPSA) is 78.3 Å². The molecule has 2 amide bonds. The highest BCUT2D eigenvalue weighted by Gasteiger charge is 2.33. The van der Waals surface area contributed by atoms with Gasteiger partial charge in [-0.3, -0.25) is 9.59 Å². The standard InChI is InChI=1S/C19H25N3O3S/c1-3-4-9-20-17(23)14-6-5-12(2)22(11-14)18(24)13-7-8-15-16(10-13)25-19(26)21-15/h7-8,10,12,14H,3-6,9,11H2,1-2H3,(H,20,23)(H,21,26)/t12-,14+/m1/s1. The molecule has 1 saturated heterocycles. The number of oxazole rings is 1. The number of fused-ring (bicyclic) bond motifs is 1. The van der Waals surface area contributed by atoms with Crippen molar-refractivity contribution in [2.24, 2.45) is 5.92 Å². The minimum Gasteiger partial charge on any atom is -0.429 e. The summed E-state index contributed by atoms with van der Waals surface area (Å²) in [6.45, 7) is 5.28. The van der Waals surface area contributed by atoms with E-state index >= 15 is 0 Å². The summed E-state index contributed by atoms with van der Waals surface area (Å²) in [7, 11) is 0. The molecule has 1 aromatic carbocycles. The van der Waals surface area contributed by atoms with Gasteiger partial charge in [0, 0.05) is 24.7 Å². The Kier molecular flexibility index (Phi) is 5.76. The zero-order chi connectivity index (χ0) is 18.7. The molecule has 0 aliphatic carbocycles. The smallest absolute Gasteiger partial charge is 0.266 e. The predicted octanol–water partition coefficient (Wildman–Crippen LogP) is 3.65. The van der Waals surface area contributed by atoms with Gasteiger partial charge in [-0.25, -0.2) is 0 Å². The summed E-state index contributed by atoms with van der Waals surface area (Å²) in [5.74, 6) is -0.172. The Balaban J connectivity index is 1.73. The van der Waals surface area contributed by atoms with E-state index in [4.69, 9.17) is 16.6 Å². The maximum Gasteiger partial charge on any atom is 0.266 e. The van der Waals surface area contributed by atoms with E-state index < -0.39 is 0 Å². The highest BCUT2D eigenvalue weighted by atomic mass is 32.1. The van der Waals surface area contributed by atoms with Gasteiger partial charge in [0.15, 0.2) is 5.58 Å². The number of carbonyl (C=O) groups is 2. The molecule has 2 aromatic rings. The van der Waals surface area contributed by atoms with E-state index in [0.717, 1.165) is 31.2 Å². The Labute approximate surface area is 157 Å². The number of hydrogen-bond donors (Lipinski definition) is 2. The molecule has 2 atom stereocenters. The van der Waals surface area contributed by atoms with Crippen LogP contribution in [0, 0.1) is 10.8 Å². The van der Waals surface area contributed by atoms with Crippen molar-refractivity contribution >= 4 is 35.1 Å². The van der Waals surface area contributed by atoms with Crippen molar-refractivity contribution in [3.05, 3.63) is 28.6 Å². The summed E-state index contributed by atoms with van der Waals surface area (Å²) < 4.78 is 5.41. The molecule has 2 heterocycles. The first-order valence-corrected chi connectivity index (χ1v) is 9.62. The SMILES string of the molecule is CCCCNC(=O)[C@H]1CC[C@@H](C)N(C(=O)c2ccc3[nH]c(=S)oc3c2)C1. The molecule has 3 rings (SSSR count). The normalized spacial score (nSPS) is 20.3. The second kappa shape index (κ2) is 8.03. The van der Waals surface area contributed by atoms with Crippen molar-refractivity contribution in [2.45, 2.75) is 45.6 Å². The summed E-state index contributed by atoms with van der Waals surface area (Å²) in [4.78, 5) is 30.4. The fourth-order valence-electron chi connectivity index (χ4n) is 3.38. The number of benzene rings is 1. The molecule has 6 nitrogen and oxygen atoms in total. The first-order chi connectivity index (χ1) is 12.5. The van der Waals surface area contributed by atoms with Crippen LogP contribution in [0.1, 0.15) is 49.9 Å². The average Bonchev–Trinajstić information content (AvgIpc) is 3.00. The molecular formula is C19H25N3O3S. The van der Waals surface area contributed by atoms with Gasteiger partial charge in [0.05, 0.1) is 11.4 Å². The zero-order valence-electron chi connectivity index (χ0n) is 15.2. The van der Waals surface area contributed by atoms with Crippen molar-refractivity contribution in [1.82, 2.24) is 15.2 Å².